The number of nitrogens with one attached hydrogen (secondary N) is 3. The molecule has 0 radical (unpaired) electrons. The summed E-state index contributed by atoms with van der Waals surface area (Å²) in [6, 6.07) is 22.2. The van der Waals surface area contributed by atoms with Gasteiger partial charge in [0.05, 0.1) is 12.8 Å². The Balaban J connectivity index is 1.26. The van der Waals surface area contributed by atoms with Gasteiger partial charge in [-0.15, -0.1) is 5.10 Å². The highest BCUT2D eigenvalue weighted by atomic mass is 35.5. The van der Waals surface area contributed by atoms with Gasteiger partial charge in [-0.05, 0) is 65.7 Å². The second-order valence-corrected chi connectivity index (χ2v) is 9.82. The van der Waals surface area contributed by atoms with E-state index >= 15 is 0 Å². The summed E-state index contributed by atoms with van der Waals surface area (Å²) in [5, 5.41) is 12.8. The van der Waals surface area contributed by atoms with Crippen LogP contribution in [0.3, 0.4) is 0 Å². The topological polar surface area (TPSA) is 110 Å². The van der Waals surface area contributed by atoms with Crippen molar-refractivity contribution in [2.45, 2.75) is 12.7 Å². The number of carbonyl (C=O) groups is 2. The lowest BCUT2D eigenvalue weighted by molar-refractivity contribution is -0.123. The average Bonchev–Trinajstić information content (AvgIpc) is 3.41. The smallest absolute Gasteiger partial charge is 0.405 e. The van der Waals surface area contributed by atoms with Crippen molar-refractivity contribution in [2.75, 3.05) is 19.0 Å². The zero-order chi connectivity index (χ0) is 30.6. The Morgan fingerprint density at radius 2 is 1.56 bits per heavy atom. The fourth-order valence-corrected chi connectivity index (χ4v) is 4.27. The van der Waals surface area contributed by atoms with E-state index in [4.69, 9.17) is 16.3 Å². The average molecular weight is 609 g/mol. The minimum atomic E-state index is -4.52. The Hall–Kier alpha value is -5.10. The van der Waals surface area contributed by atoms with Gasteiger partial charge in [-0.25, -0.2) is 4.52 Å². The molecule has 5 rings (SSSR count). The number of pyridine rings is 1. The lowest BCUT2D eigenvalue weighted by Crippen LogP contribution is -2.33. The molecule has 0 aliphatic carbocycles. The minimum Gasteiger partial charge on any atom is -0.495 e. The number of aromatic nitrogens is 3. The Morgan fingerprint density at radius 1 is 0.884 bits per heavy atom. The lowest BCUT2D eigenvalue weighted by Gasteiger charge is -2.12. The van der Waals surface area contributed by atoms with E-state index in [0.29, 0.717) is 28.5 Å². The fraction of sp³-hybridized carbons (Fsp3) is 0.133. The first kappa shape index (κ1) is 29.4. The quantitative estimate of drug-likeness (QED) is 0.189. The molecule has 0 atom stereocenters. The third kappa shape index (κ3) is 7.41. The monoisotopic (exact) mass is 608 g/mol. The molecule has 2 heterocycles. The van der Waals surface area contributed by atoms with Crippen LogP contribution in [0.25, 0.3) is 16.8 Å². The molecule has 0 aliphatic heterocycles. The molecular weight excluding hydrogens is 585 g/mol. The van der Waals surface area contributed by atoms with Crippen molar-refractivity contribution < 1.29 is 27.5 Å². The maximum absolute atomic E-state index is 12.6. The van der Waals surface area contributed by atoms with Crippen molar-refractivity contribution in [3.05, 3.63) is 107 Å². The number of rotatable bonds is 9. The Labute approximate surface area is 248 Å². The molecule has 43 heavy (non-hydrogen) atoms. The predicted molar refractivity (Wildman–Crippen MR) is 156 cm³/mol. The number of nitrogens with zero attached hydrogens (tertiary/aromatic N) is 3. The van der Waals surface area contributed by atoms with Crippen molar-refractivity contribution in [1.82, 2.24) is 25.2 Å². The molecule has 9 nitrogen and oxygen atoms in total. The summed E-state index contributed by atoms with van der Waals surface area (Å²) >= 11 is 5.90. The number of anilines is 2. The molecule has 0 unspecified atom stereocenters. The van der Waals surface area contributed by atoms with E-state index < -0.39 is 18.6 Å². The van der Waals surface area contributed by atoms with Crippen molar-refractivity contribution in [3.8, 4) is 16.9 Å². The molecule has 0 fully saturated rings. The van der Waals surface area contributed by atoms with Crippen LogP contribution in [0.5, 0.6) is 5.75 Å². The van der Waals surface area contributed by atoms with E-state index in [1.807, 2.05) is 35.6 Å². The zero-order valence-electron chi connectivity index (χ0n) is 22.6. The van der Waals surface area contributed by atoms with E-state index in [0.717, 1.165) is 16.7 Å². The predicted octanol–water partition coefficient (Wildman–Crippen LogP) is 6.02. The van der Waals surface area contributed by atoms with Crippen LogP contribution < -0.4 is 20.7 Å². The highest BCUT2D eigenvalue weighted by molar-refractivity contribution is 6.30. The van der Waals surface area contributed by atoms with Crippen molar-refractivity contribution in [1.29, 1.82) is 0 Å². The summed E-state index contributed by atoms with van der Waals surface area (Å²) in [5.74, 6) is -0.629. The molecule has 3 N–H and O–H groups in total. The summed E-state index contributed by atoms with van der Waals surface area (Å²) in [6.45, 7) is -1.06. The summed E-state index contributed by atoms with van der Waals surface area (Å²) in [6.07, 6.45) is -2.73. The third-order valence-electron chi connectivity index (χ3n) is 6.34. The maximum atomic E-state index is 12.6. The van der Waals surface area contributed by atoms with Crippen LogP contribution in [0.4, 0.5) is 24.8 Å². The van der Waals surface area contributed by atoms with Gasteiger partial charge in [0.15, 0.2) is 5.65 Å². The number of alkyl halides is 3. The van der Waals surface area contributed by atoms with Crippen LogP contribution in [0.1, 0.15) is 26.3 Å². The molecule has 0 aliphatic rings. The molecule has 0 spiro atoms. The van der Waals surface area contributed by atoms with Crippen molar-refractivity contribution in [2.24, 2.45) is 0 Å². The standard InChI is InChI=1S/C30H24ClF3N6O3/c1-43-25-14-21(28(42)36-17-30(32,33)34)8-12-24(25)37-29-38-26-13-9-22(16-40(26)39-29)19-4-6-20(7-5-19)27(41)35-15-18-2-10-23(31)11-3-18/h2-14,16H,15,17H2,1H3,(H,35,41)(H,36,42)(H,37,39). The van der Waals surface area contributed by atoms with Crippen LogP contribution >= 0.6 is 11.6 Å². The number of benzene rings is 3. The first-order chi connectivity index (χ1) is 20.6. The van der Waals surface area contributed by atoms with Gasteiger partial charge in [0, 0.05) is 34.5 Å². The van der Waals surface area contributed by atoms with E-state index in [1.54, 1.807) is 41.0 Å². The number of amides is 2. The number of ether oxygens (including phenoxy) is 1. The molecular formula is C30H24ClF3N6O3. The highest BCUT2D eigenvalue weighted by Crippen LogP contribution is 2.29. The van der Waals surface area contributed by atoms with Gasteiger partial charge in [-0.2, -0.15) is 18.2 Å². The second kappa shape index (κ2) is 12.4. The normalized spacial score (nSPS) is 11.3. The van der Waals surface area contributed by atoms with Gasteiger partial charge in [-0.1, -0.05) is 35.9 Å². The third-order valence-corrected chi connectivity index (χ3v) is 6.59. The molecule has 0 saturated heterocycles. The maximum Gasteiger partial charge on any atom is 0.405 e. The second-order valence-electron chi connectivity index (χ2n) is 9.38. The number of halogens is 4. The number of carbonyl (C=O) groups excluding carboxylic acids is 2. The van der Waals surface area contributed by atoms with Gasteiger partial charge in [0.25, 0.3) is 11.8 Å². The van der Waals surface area contributed by atoms with E-state index in [9.17, 15) is 22.8 Å². The number of hydrogen-bond acceptors (Lipinski definition) is 6. The molecule has 2 amide bonds. The van der Waals surface area contributed by atoms with Gasteiger partial charge in [-0.3, -0.25) is 9.59 Å². The fourth-order valence-electron chi connectivity index (χ4n) is 4.15. The highest BCUT2D eigenvalue weighted by Gasteiger charge is 2.28. The molecule has 220 valence electrons. The van der Waals surface area contributed by atoms with E-state index in [2.05, 4.69) is 20.7 Å². The number of methoxy groups -OCH3 is 1. The molecule has 2 aromatic heterocycles. The first-order valence-electron chi connectivity index (χ1n) is 12.9. The Bertz CT molecular complexity index is 1770. The first-order valence-corrected chi connectivity index (χ1v) is 13.3. The summed E-state index contributed by atoms with van der Waals surface area (Å²) in [5.41, 5.74) is 4.12. The summed E-state index contributed by atoms with van der Waals surface area (Å²) in [4.78, 5) is 29.1. The Morgan fingerprint density at radius 3 is 2.26 bits per heavy atom. The van der Waals surface area contributed by atoms with Gasteiger partial charge in [0.1, 0.15) is 12.3 Å². The number of fused-ring (bicyclic) bond motifs is 1. The number of hydrogen-bond donors (Lipinski definition) is 3. The van der Waals surface area contributed by atoms with Crippen LogP contribution in [0.2, 0.25) is 5.02 Å². The van der Waals surface area contributed by atoms with Crippen molar-refractivity contribution in [3.63, 3.8) is 0 Å². The summed E-state index contributed by atoms with van der Waals surface area (Å²) < 4.78 is 44.2. The molecule has 5 aromatic rings. The van der Waals surface area contributed by atoms with Gasteiger partial charge in [0.2, 0.25) is 5.95 Å². The summed E-state index contributed by atoms with van der Waals surface area (Å²) in [7, 11) is 1.37. The van der Waals surface area contributed by atoms with Crippen LogP contribution in [-0.4, -0.2) is 46.2 Å². The lowest BCUT2D eigenvalue weighted by atomic mass is 10.1. The van der Waals surface area contributed by atoms with Crippen molar-refractivity contribution >= 4 is 40.7 Å². The molecule has 13 heteroatoms. The van der Waals surface area contributed by atoms with Crippen LogP contribution in [0, 0.1) is 0 Å². The largest absolute Gasteiger partial charge is 0.495 e. The van der Waals surface area contributed by atoms with E-state index in [-0.39, 0.29) is 23.2 Å². The van der Waals surface area contributed by atoms with Crippen LogP contribution in [-0.2, 0) is 6.54 Å². The van der Waals surface area contributed by atoms with Gasteiger partial charge >= 0.3 is 6.18 Å². The van der Waals surface area contributed by atoms with Gasteiger partial charge < -0.3 is 20.7 Å². The molecule has 0 bridgehead atoms. The minimum absolute atomic E-state index is 0.00399. The van der Waals surface area contributed by atoms with E-state index in [1.165, 1.54) is 25.3 Å². The molecule has 3 aromatic carbocycles. The SMILES string of the molecule is COc1cc(C(=O)NCC(F)(F)F)ccc1Nc1nc2ccc(-c3ccc(C(=O)NCc4ccc(Cl)cc4)cc3)cn2n1. The zero-order valence-corrected chi connectivity index (χ0v) is 23.3. The van der Waals surface area contributed by atoms with Crippen LogP contribution in [0.15, 0.2) is 85.1 Å². The Kier molecular flexibility index (Phi) is 8.48. The molecule has 0 saturated carbocycles.